The van der Waals surface area contributed by atoms with E-state index in [1.54, 1.807) is 0 Å². The fraction of sp³-hybridized carbons (Fsp3) is 0.360. The average Bonchev–Trinajstić information content (AvgIpc) is 3.10. The predicted molar refractivity (Wildman–Crippen MR) is 222 cm³/mol. The van der Waals surface area contributed by atoms with Crippen LogP contribution in [-0.4, -0.2) is 0 Å². The number of aryl methyl sites for hydroxylation is 2. The molecule has 2 aliphatic rings. The molecule has 0 aromatic heterocycles. The van der Waals surface area contributed by atoms with Crippen LogP contribution in [0.15, 0.2) is 103 Å². The largest absolute Gasteiger partial charge is 0.310 e. The van der Waals surface area contributed by atoms with Crippen LogP contribution in [0.2, 0.25) is 0 Å². The Morgan fingerprint density at radius 1 is 0.431 bits per heavy atom. The summed E-state index contributed by atoms with van der Waals surface area (Å²) >= 11 is 0. The van der Waals surface area contributed by atoms with Gasteiger partial charge in [-0.2, -0.15) is 0 Å². The zero-order chi connectivity index (χ0) is 36.1. The highest BCUT2D eigenvalue weighted by molar-refractivity contribution is 6.13. The Hall–Kier alpha value is -4.36. The van der Waals surface area contributed by atoms with Crippen molar-refractivity contribution in [1.29, 1.82) is 0 Å². The highest BCUT2D eigenvalue weighted by Crippen LogP contribution is 2.52. The van der Waals surface area contributed by atoms with Crippen molar-refractivity contribution in [3.05, 3.63) is 137 Å². The van der Waals surface area contributed by atoms with Gasteiger partial charge in [0.05, 0.1) is 0 Å². The lowest BCUT2D eigenvalue weighted by molar-refractivity contribution is 0.331. The molecule has 0 atom stereocenters. The molecule has 51 heavy (non-hydrogen) atoms. The minimum absolute atomic E-state index is 0.122. The zero-order valence-electron chi connectivity index (χ0n) is 32.6. The third-order valence-electron chi connectivity index (χ3n) is 13.0. The summed E-state index contributed by atoms with van der Waals surface area (Å²) in [6.45, 7) is 24.2. The molecule has 0 aliphatic heterocycles. The SMILES string of the molecule is Cc1cc2c(cc1N(c1ccc(-c3cc4ccccc4c4ccccc34)cc1)c1cc3c(cc1C)C(C)(C)CCC3(C)C)C(C)(C)CCC2(C)C. The van der Waals surface area contributed by atoms with E-state index >= 15 is 0 Å². The van der Waals surface area contributed by atoms with E-state index in [2.05, 4.69) is 177 Å². The van der Waals surface area contributed by atoms with Crippen LogP contribution >= 0.6 is 0 Å². The first-order valence-corrected chi connectivity index (χ1v) is 19.2. The molecule has 6 aromatic carbocycles. The minimum atomic E-state index is 0.122. The highest BCUT2D eigenvalue weighted by Gasteiger charge is 2.40. The van der Waals surface area contributed by atoms with Gasteiger partial charge in [0.2, 0.25) is 0 Å². The third kappa shape index (κ3) is 5.51. The van der Waals surface area contributed by atoms with Crippen molar-refractivity contribution in [3.8, 4) is 11.1 Å². The summed E-state index contributed by atoms with van der Waals surface area (Å²) < 4.78 is 0. The molecule has 0 saturated carbocycles. The quantitative estimate of drug-likeness (QED) is 0.169. The second-order valence-electron chi connectivity index (χ2n) is 18.5. The van der Waals surface area contributed by atoms with Gasteiger partial charge >= 0.3 is 0 Å². The molecule has 0 saturated heterocycles. The lowest BCUT2D eigenvalue weighted by Gasteiger charge is -2.44. The van der Waals surface area contributed by atoms with E-state index in [4.69, 9.17) is 0 Å². The topological polar surface area (TPSA) is 3.24 Å². The summed E-state index contributed by atoms with van der Waals surface area (Å²) in [5, 5.41) is 5.19. The minimum Gasteiger partial charge on any atom is -0.310 e. The van der Waals surface area contributed by atoms with Crippen molar-refractivity contribution < 1.29 is 0 Å². The van der Waals surface area contributed by atoms with Crippen LogP contribution < -0.4 is 4.90 Å². The Labute approximate surface area is 306 Å². The van der Waals surface area contributed by atoms with Crippen molar-refractivity contribution in [2.24, 2.45) is 0 Å². The number of fused-ring (bicyclic) bond motifs is 5. The van der Waals surface area contributed by atoms with Gasteiger partial charge in [-0.05, 0) is 158 Å². The molecule has 0 fully saturated rings. The van der Waals surface area contributed by atoms with E-state index in [1.165, 1.54) is 109 Å². The molecule has 2 aliphatic carbocycles. The van der Waals surface area contributed by atoms with Gasteiger partial charge in [-0.25, -0.2) is 0 Å². The monoisotopic (exact) mass is 669 g/mol. The van der Waals surface area contributed by atoms with E-state index in [-0.39, 0.29) is 21.7 Å². The van der Waals surface area contributed by atoms with Crippen LogP contribution in [0, 0.1) is 13.8 Å². The fourth-order valence-electron chi connectivity index (χ4n) is 9.39. The number of hydrogen-bond donors (Lipinski definition) is 0. The smallest absolute Gasteiger partial charge is 0.0494 e. The van der Waals surface area contributed by atoms with E-state index in [1.807, 2.05) is 0 Å². The van der Waals surface area contributed by atoms with Crippen LogP contribution in [-0.2, 0) is 21.7 Å². The molecule has 0 N–H and O–H groups in total. The Kier molecular flexibility index (Phi) is 7.66. The summed E-state index contributed by atoms with van der Waals surface area (Å²) in [6, 6.07) is 39.6. The maximum Gasteiger partial charge on any atom is 0.0494 e. The summed E-state index contributed by atoms with van der Waals surface area (Å²) in [6.07, 6.45) is 4.83. The molecule has 0 radical (unpaired) electrons. The Morgan fingerprint density at radius 2 is 0.843 bits per heavy atom. The third-order valence-corrected chi connectivity index (χ3v) is 13.0. The van der Waals surface area contributed by atoms with Gasteiger partial charge in [0.15, 0.2) is 0 Å². The van der Waals surface area contributed by atoms with Gasteiger partial charge in [0.25, 0.3) is 0 Å². The number of hydrogen-bond acceptors (Lipinski definition) is 1. The lowest BCUT2D eigenvalue weighted by atomic mass is 9.62. The number of rotatable bonds is 4. The number of anilines is 3. The molecule has 0 amide bonds. The van der Waals surface area contributed by atoms with Crippen LogP contribution in [0.4, 0.5) is 17.1 Å². The molecule has 6 aromatic rings. The Bertz CT molecular complexity index is 2240. The Morgan fingerprint density at radius 3 is 1.33 bits per heavy atom. The van der Waals surface area contributed by atoms with Gasteiger partial charge in [0, 0.05) is 17.1 Å². The molecule has 0 bridgehead atoms. The Balaban J connectivity index is 1.35. The van der Waals surface area contributed by atoms with Crippen molar-refractivity contribution in [2.45, 2.75) is 117 Å². The van der Waals surface area contributed by atoms with Crippen molar-refractivity contribution in [3.63, 3.8) is 0 Å². The van der Waals surface area contributed by atoms with Crippen molar-refractivity contribution >= 4 is 38.6 Å². The molecular weight excluding hydrogens is 615 g/mol. The molecule has 0 unspecified atom stereocenters. The molecule has 1 heteroatoms. The molecule has 8 rings (SSSR count). The fourth-order valence-corrected chi connectivity index (χ4v) is 9.39. The lowest BCUT2D eigenvalue weighted by Crippen LogP contribution is -2.35. The van der Waals surface area contributed by atoms with Crippen LogP contribution in [0.3, 0.4) is 0 Å². The van der Waals surface area contributed by atoms with Crippen LogP contribution in [0.5, 0.6) is 0 Å². The van der Waals surface area contributed by atoms with Crippen molar-refractivity contribution in [2.75, 3.05) is 4.90 Å². The first-order valence-electron chi connectivity index (χ1n) is 19.2. The summed E-state index contributed by atoms with van der Waals surface area (Å²) in [5.74, 6) is 0. The van der Waals surface area contributed by atoms with Crippen LogP contribution in [0.25, 0.3) is 32.7 Å². The first kappa shape index (κ1) is 33.8. The molecule has 0 heterocycles. The van der Waals surface area contributed by atoms with Gasteiger partial charge in [0.1, 0.15) is 0 Å². The standard InChI is InChI=1S/C50H55N/c1-32-27-41-43(49(7,8)25-23-47(41,3)4)30-45(32)51(46-31-44-42(28-33(46)2)48(5,6)24-26-50(44,9)10)36-21-19-34(20-22-36)40-29-35-15-11-12-16-37(35)38-17-13-14-18-39(38)40/h11-22,27-31H,23-26H2,1-10H3. The summed E-state index contributed by atoms with van der Waals surface area (Å²) in [5.41, 5.74) is 15.6. The van der Waals surface area contributed by atoms with Crippen LogP contribution in [0.1, 0.15) is 114 Å². The van der Waals surface area contributed by atoms with E-state index in [0.717, 1.165) is 0 Å². The highest BCUT2D eigenvalue weighted by atomic mass is 15.1. The van der Waals surface area contributed by atoms with Gasteiger partial charge < -0.3 is 4.90 Å². The van der Waals surface area contributed by atoms with Gasteiger partial charge in [-0.15, -0.1) is 0 Å². The van der Waals surface area contributed by atoms with E-state index in [0.29, 0.717) is 0 Å². The molecule has 1 nitrogen and oxygen atoms in total. The maximum absolute atomic E-state index is 2.59. The van der Waals surface area contributed by atoms with Crippen molar-refractivity contribution in [1.82, 2.24) is 0 Å². The molecule has 260 valence electrons. The predicted octanol–water partition coefficient (Wildman–Crippen LogP) is 14.4. The molecular formula is C50H55N. The first-order chi connectivity index (χ1) is 24.1. The van der Waals surface area contributed by atoms with E-state index in [9.17, 15) is 0 Å². The average molecular weight is 670 g/mol. The normalized spacial score (nSPS) is 18.3. The van der Waals surface area contributed by atoms with E-state index < -0.39 is 0 Å². The summed E-state index contributed by atoms with van der Waals surface area (Å²) in [4.78, 5) is 2.59. The molecule has 0 spiro atoms. The number of nitrogens with zero attached hydrogens (tertiary/aromatic N) is 1. The van der Waals surface area contributed by atoms with Gasteiger partial charge in [-0.3, -0.25) is 0 Å². The zero-order valence-corrected chi connectivity index (χ0v) is 32.6. The second kappa shape index (κ2) is 11.6. The maximum atomic E-state index is 2.59. The number of benzene rings is 6. The summed E-state index contributed by atoms with van der Waals surface area (Å²) in [7, 11) is 0. The second-order valence-corrected chi connectivity index (χ2v) is 18.5. The van der Waals surface area contributed by atoms with Gasteiger partial charge in [-0.1, -0.05) is 128 Å².